The summed E-state index contributed by atoms with van der Waals surface area (Å²) < 4.78 is 13.1. The van der Waals surface area contributed by atoms with E-state index in [1.54, 1.807) is 11.0 Å². The number of hydrogen-bond acceptors (Lipinski definition) is 2. The van der Waals surface area contributed by atoms with Crippen LogP contribution < -0.4 is 5.32 Å². The predicted molar refractivity (Wildman–Crippen MR) is 89.6 cm³/mol. The highest BCUT2D eigenvalue weighted by Crippen LogP contribution is 2.23. The van der Waals surface area contributed by atoms with Crippen LogP contribution in [0.2, 0.25) is 5.02 Å². The van der Waals surface area contributed by atoms with Gasteiger partial charge in [0.1, 0.15) is 11.5 Å². The van der Waals surface area contributed by atoms with Gasteiger partial charge in [-0.15, -0.1) is 0 Å². The van der Waals surface area contributed by atoms with Crippen LogP contribution in [0.25, 0.3) is 0 Å². The van der Waals surface area contributed by atoms with Gasteiger partial charge in [0, 0.05) is 24.5 Å². The Balaban J connectivity index is 1.61. The van der Waals surface area contributed by atoms with E-state index in [0.717, 1.165) is 5.69 Å². The first-order valence-electron chi connectivity index (χ1n) is 7.65. The SMILES string of the molecule is Cc1ccc(C(=O)N2CC[C@H](C(=O)Nc3ccc(F)c(Cl)c3)C2)[nH]1. The summed E-state index contributed by atoms with van der Waals surface area (Å²) in [5.41, 5.74) is 1.88. The molecule has 7 heteroatoms. The Hall–Kier alpha value is -2.34. The monoisotopic (exact) mass is 349 g/mol. The van der Waals surface area contributed by atoms with Crippen molar-refractivity contribution in [2.24, 2.45) is 5.92 Å². The molecule has 0 radical (unpaired) electrons. The lowest BCUT2D eigenvalue weighted by Gasteiger charge is -2.16. The lowest BCUT2D eigenvalue weighted by molar-refractivity contribution is -0.119. The molecule has 2 heterocycles. The molecular weight excluding hydrogens is 333 g/mol. The standard InChI is InChI=1S/C17H17ClFN3O2/c1-10-2-5-15(20-10)17(24)22-7-6-11(9-22)16(23)21-12-3-4-14(19)13(18)8-12/h2-5,8,11,20H,6-7,9H2,1H3,(H,21,23)/t11-/m0/s1. The highest BCUT2D eigenvalue weighted by Gasteiger charge is 2.32. The molecule has 0 unspecified atom stereocenters. The van der Waals surface area contributed by atoms with Crippen molar-refractivity contribution in [1.82, 2.24) is 9.88 Å². The minimum Gasteiger partial charge on any atom is -0.355 e. The summed E-state index contributed by atoms with van der Waals surface area (Å²) in [7, 11) is 0. The number of nitrogens with one attached hydrogen (secondary N) is 2. The molecule has 0 saturated carbocycles. The maximum atomic E-state index is 13.1. The Bertz CT molecular complexity index is 790. The number of carbonyl (C=O) groups excluding carboxylic acids is 2. The van der Waals surface area contributed by atoms with Gasteiger partial charge in [-0.1, -0.05) is 11.6 Å². The Morgan fingerprint density at radius 1 is 1.33 bits per heavy atom. The molecule has 2 N–H and O–H groups in total. The summed E-state index contributed by atoms with van der Waals surface area (Å²) in [6.07, 6.45) is 0.589. The molecule has 1 saturated heterocycles. The van der Waals surface area contributed by atoms with E-state index in [1.807, 2.05) is 13.0 Å². The van der Waals surface area contributed by atoms with Crippen molar-refractivity contribution in [2.75, 3.05) is 18.4 Å². The molecule has 126 valence electrons. The molecule has 1 aliphatic rings. The molecular formula is C17H17ClFN3O2. The third-order valence-electron chi connectivity index (χ3n) is 4.10. The molecule has 3 rings (SSSR count). The fraction of sp³-hybridized carbons (Fsp3) is 0.294. The number of benzene rings is 1. The van der Waals surface area contributed by atoms with Crippen molar-refractivity contribution in [1.29, 1.82) is 0 Å². The van der Waals surface area contributed by atoms with Crippen molar-refractivity contribution in [3.63, 3.8) is 0 Å². The summed E-state index contributed by atoms with van der Waals surface area (Å²) in [5, 5.41) is 2.68. The fourth-order valence-corrected chi connectivity index (χ4v) is 2.96. The molecule has 24 heavy (non-hydrogen) atoms. The van der Waals surface area contributed by atoms with Crippen molar-refractivity contribution < 1.29 is 14.0 Å². The Labute approximate surface area is 143 Å². The second-order valence-corrected chi connectivity index (χ2v) is 6.32. The number of hydrogen-bond donors (Lipinski definition) is 2. The van der Waals surface area contributed by atoms with Crippen LogP contribution in [-0.2, 0) is 4.79 Å². The summed E-state index contributed by atoms with van der Waals surface area (Å²) in [6, 6.07) is 7.61. The van der Waals surface area contributed by atoms with Gasteiger partial charge in [0.15, 0.2) is 0 Å². The second-order valence-electron chi connectivity index (χ2n) is 5.91. The number of halogens is 2. The number of aromatic amines is 1. The molecule has 1 aromatic heterocycles. The number of likely N-dealkylation sites (tertiary alicyclic amines) is 1. The molecule has 2 aromatic rings. The summed E-state index contributed by atoms with van der Waals surface area (Å²) in [6.45, 7) is 2.77. The smallest absolute Gasteiger partial charge is 0.270 e. The van der Waals surface area contributed by atoms with Gasteiger partial charge in [-0.2, -0.15) is 0 Å². The first-order valence-corrected chi connectivity index (χ1v) is 8.02. The minimum absolute atomic E-state index is 0.0434. The van der Waals surface area contributed by atoms with Crippen molar-refractivity contribution in [2.45, 2.75) is 13.3 Å². The highest BCUT2D eigenvalue weighted by atomic mass is 35.5. The molecule has 1 aromatic carbocycles. The number of anilines is 1. The number of aromatic nitrogens is 1. The summed E-state index contributed by atoms with van der Waals surface area (Å²) >= 11 is 5.71. The first-order chi connectivity index (χ1) is 11.4. The number of H-pyrrole nitrogens is 1. The van der Waals surface area contributed by atoms with Crippen molar-refractivity contribution in [3.05, 3.63) is 52.6 Å². The Morgan fingerprint density at radius 3 is 2.79 bits per heavy atom. The number of aryl methyl sites for hydroxylation is 1. The second kappa shape index (κ2) is 6.65. The zero-order valence-electron chi connectivity index (χ0n) is 13.1. The molecule has 1 atom stereocenters. The summed E-state index contributed by atoms with van der Waals surface area (Å²) in [5.74, 6) is -1.14. The van der Waals surface area contributed by atoms with Gasteiger partial charge in [0.2, 0.25) is 5.91 Å². The first kappa shape index (κ1) is 16.5. The van der Waals surface area contributed by atoms with E-state index in [9.17, 15) is 14.0 Å². The van der Waals surface area contributed by atoms with Gasteiger partial charge in [-0.05, 0) is 43.7 Å². The van der Waals surface area contributed by atoms with Gasteiger partial charge < -0.3 is 15.2 Å². The Kier molecular flexibility index (Phi) is 4.57. The zero-order chi connectivity index (χ0) is 17.3. The van der Waals surface area contributed by atoms with Crippen molar-refractivity contribution >= 4 is 29.1 Å². The van der Waals surface area contributed by atoms with E-state index in [0.29, 0.717) is 30.9 Å². The van der Waals surface area contributed by atoms with Gasteiger partial charge >= 0.3 is 0 Å². The van der Waals surface area contributed by atoms with Crippen LogP contribution in [0.3, 0.4) is 0 Å². The van der Waals surface area contributed by atoms with Gasteiger partial charge in [0.05, 0.1) is 10.9 Å². The molecule has 2 amide bonds. The van der Waals surface area contributed by atoms with E-state index >= 15 is 0 Å². The van der Waals surface area contributed by atoms with E-state index in [4.69, 9.17) is 11.6 Å². The van der Waals surface area contributed by atoms with Crippen LogP contribution in [0.4, 0.5) is 10.1 Å². The molecule has 0 spiro atoms. The molecule has 0 bridgehead atoms. The van der Waals surface area contributed by atoms with Gasteiger partial charge in [-0.3, -0.25) is 9.59 Å². The maximum absolute atomic E-state index is 13.1. The molecule has 5 nitrogen and oxygen atoms in total. The topological polar surface area (TPSA) is 65.2 Å². The fourth-order valence-electron chi connectivity index (χ4n) is 2.78. The zero-order valence-corrected chi connectivity index (χ0v) is 13.9. The van der Waals surface area contributed by atoms with Crippen molar-refractivity contribution in [3.8, 4) is 0 Å². The molecule has 1 fully saturated rings. The number of amides is 2. The van der Waals surface area contributed by atoms with E-state index < -0.39 is 5.82 Å². The normalized spacial score (nSPS) is 17.1. The third kappa shape index (κ3) is 3.43. The van der Waals surface area contributed by atoms with Crippen LogP contribution in [0.5, 0.6) is 0 Å². The lowest BCUT2D eigenvalue weighted by Crippen LogP contribution is -2.31. The lowest BCUT2D eigenvalue weighted by atomic mass is 10.1. The molecule has 1 aliphatic heterocycles. The van der Waals surface area contributed by atoms with E-state index in [1.165, 1.54) is 18.2 Å². The van der Waals surface area contributed by atoms with Crippen LogP contribution in [-0.4, -0.2) is 34.8 Å². The quantitative estimate of drug-likeness (QED) is 0.893. The van der Waals surface area contributed by atoms with E-state index in [-0.39, 0.29) is 22.8 Å². The van der Waals surface area contributed by atoms with Gasteiger partial charge in [0.25, 0.3) is 5.91 Å². The largest absolute Gasteiger partial charge is 0.355 e. The third-order valence-corrected chi connectivity index (χ3v) is 4.39. The number of rotatable bonds is 3. The van der Waals surface area contributed by atoms with Crippen LogP contribution in [0.15, 0.2) is 30.3 Å². The number of nitrogens with zero attached hydrogens (tertiary/aromatic N) is 1. The average Bonchev–Trinajstić information content (AvgIpc) is 3.19. The van der Waals surface area contributed by atoms with Gasteiger partial charge in [-0.25, -0.2) is 4.39 Å². The van der Waals surface area contributed by atoms with Crippen LogP contribution >= 0.6 is 11.6 Å². The number of carbonyl (C=O) groups is 2. The summed E-state index contributed by atoms with van der Waals surface area (Å²) in [4.78, 5) is 29.4. The molecule has 0 aliphatic carbocycles. The van der Waals surface area contributed by atoms with Crippen LogP contribution in [0, 0.1) is 18.7 Å². The van der Waals surface area contributed by atoms with Crippen LogP contribution in [0.1, 0.15) is 22.6 Å². The predicted octanol–water partition coefficient (Wildman–Crippen LogP) is 3.22. The Morgan fingerprint density at radius 2 is 2.12 bits per heavy atom. The highest BCUT2D eigenvalue weighted by molar-refractivity contribution is 6.31. The van der Waals surface area contributed by atoms with E-state index in [2.05, 4.69) is 10.3 Å². The average molecular weight is 350 g/mol. The minimum atomic E-state index is -0.534. The maximum Gasteiger partial charge on any atom is 0.270 e.